The average Bonchev–Trinajstić information content (AvgIpc) is 1.64. The van der Waals surface area contributed by atoms with E-state index in [0.29, 0.717) is 28.4 Å². The molecule has 3 nitrogen and oxygen atoms in total. The molecular weight excluding hydrogens is 1070 g/mol. The fourth-order valence-corrected chi connectivity index (χ4v) is 12.3. The predicted octanol–water partition coefficient (Wildman–Crippen LogP) is 24.2. The van der Waals surface area contributed by atoms with E-state index in [1.807, 2.05) is 89.1 Å². The van der Waals surface area contributed by atoms with Crippen LogP contribution in [0.4, 0.5) is 34.1 Å². The maximum Gasteiger partial charge on any atom is 0.0661 e. The van der Waals surface area contributed by atoms with Gasteiger partial charge in [-0.15, -0.1) is 11.3 Å². The van der Waals surface area contributed by atoms with E-state index < -0.39 is 65.2 Å². The molecular formula is C80H70ClN3S. The van der Waals surface area contributed by atoms with Gasteiger partial charge in [0.05, 0.1) is 47.3 Å². The van der Waals surface area contributed by atoms with E-state index in [1.165, 1.54) is 6.07 Å². The molecule has 2 heterocycles. The van der Waals surface area contributed by atoms with Crippen LogP contribution in [-0.4, -0.2) is 4.57 Å². The van der Waals surface area contributed by atoms with E-state index in [4.69, 9.17) is 18.5 Å². The molecule has 11 aromatic carbocycles. The normalized spacial score (nSPS) is 14.4. The van der Waals surface area contributed by atoms with Gasteiger partial charge in [0.25, 0.3) is 0 Å². The Hall–Kier alpha value is -8.93. The highest BCUT2D eigenvalue weighted by molar-refractivity contribution is 7.17. The lowest BCUT2D eigenvalue weighted by Gasteiger charge is -2.36. The van der Waals surface area contributed by atoms with Crippen LogP contribution < -0.4 is 9.80 Å². The summed E-state index contributed by atoms with van der Waals surface area (Å²) in [4.78, 5) is 4.08. The standard InChI is InChI=1S/C80H70ClN3S/c1-78(2,3)57-43-63(82(61-36-26-35-60(81)49-61)76-68(53-27-14-10-15-28-53)45-58(79(4,5)6)46-69(76)54-29-16-11-17-30-54)50-64(44-57)84(77-70(55-31-18-12-19-32-55)47-59(80(7,8)9)48-71(77)56-33-20-13-21-34-56)74-52-85-75-51-62(41-42-67(74)75)83-72-39-24-22-37-65(72)66-38-23-25-40-73(66)83/h10-52H,1-9H3/i22D,23D,24D,25D,26D,35D,37D,38D,39D,40D,41D,42D,49D,51D. The van der Waals surface area contributed by atoms with Crippen LogP contribution in [0.2, 0.25) is 5.02 Å². The van der Waals surface area contributed by atoms with Crippen LogP contribution in [-0.2, 0) is 16.2 Å². The largest absolute Gasteiger partial charge is 0.309 e. The van der Waals surface area contributed by atoms with Gasteiger partial charge in [0.1, 0.15) is 0 Å². The lowest BCUT2D eigenvalue weighted by Crippen LogP contribution is -2.20. The number of halogens is 1. The average molecular weight is 1160 g/mol. The molecule has 0 bridgehead atoms. The smallest absolute Gasteiger partial charge is 0.0661 e. The molecule has 0 amide bonds. The molecule has 0 aliphatic rings. The third-order valence-corrected chi connectivity index (χ3v) is 16.8. The SMILES string of the molecule is [2H]c1cc(N(c2cc(N(c3c(-c4ccccc4)cc(C(C)(C)C)cc3-c3ccccc3)c3csc4c([2H])c(-n5c6c([2H])c([2H])c([2H])c([2H])c6c6c([2H])c([2H])c([2H])c([2H])c65)c([2H])c([2H])c34)cc(C(C)(C)C)c2)c2c(-c3ccccc3)cc(C(C)(C)C)cc2-c2ccccc2)c([2H])c(Cl)c1[2H]. The summed E-state index contributed by atoms with van der Waals surface area (Å²) in [5, 5.41) is 1.37. The zero-order chi connectivity index (χ0) is 71.0. The van der Waals surface area contributed by atoms with Gasteiger partial charge >= 0.3 is 0 Å². The van der Waals surface area contributed by atoms with Gasteiger partial charge < -0.3 is 14.4 Å². The number of nitrogens with zero attached hydrogens (tertiary/aromatic N) is 3. The van der Waals surface area contributed by atoms with Crippen LogP contribution in [0.5, 0.6) is 0 Å². The number of thiophene rings is 1. The molecule has 13 rings (SSSR count). The van der Waals surface area contributed by atoms with Crippen molar-refractivity contribution >= 4 is 89.0 Å². The van der Waals surface area contributed by atoms with Crippen LogP contribution in [0, 0.1) is 0 Å². The zero-order valence-corrected chi connectivity index (χ0v) is 50.4. The molecule has 2 aromatic heterocycles. The minimum atomic E-state index is -0.660. The maximum absolute atomic E-state index is 10.6. The van der Waals surface area contributed by atoms with E-state index >= 15 is 0 Å². The summed E-state index contributed by atoms with van der Waals surface area (Å²) in [6.45, 7) is 19.3. The van der Waals surface area contributed by atoms with Crippen LogP contribution in [0.1, 0.15) is 98.2 Å². The second-order valence-electron chi connectivity index (χ2n) is 24.5. The summed E-state index contributed by atoms with van der Waals surface area (Å²) >= 11 is 8.27. The van der Waals surface area contributed by atoms with Gasteiger partial charge in [0, 0.05) is 76.3 Å². The van der Waals surface area contributed by atoms with Crippen molar-refractivity contribution in [3.05, 3.63) is 282 Å². The first-order valence-electron chi connectivity index (χ1n) is 35.4. The summed E-state index contributed by atoms with van der Waals surface area (Å²) < 4.78 is 134. The highest BCUT2D eigenvalue weighted by Crippen LogP contribution is 2.55. The maximum atomic E-state index is 10.6. The molecule has 85 heavy (non-hydrogen) atoms. The molecule has 0 saturated carbocycles. The van der Waals surface area contributed by atoms with E-state index in [1.54, 1.807) is 0 Å². The highest BCUT2D eigenvalue weighted by atomic mass is 35.5. The molecule has 0 spiro atoms. The first-order chi connectivity index (χ1) is 46.8. The highest BCUT2D eigenvalue weighted by Gasteiger charge is 2.32. The molecule has 0 N–H and O–H groups in total. The minimum absolute atomic E-state index is 0.168. The number of rotatable bonds is 11. The topological polar surface area (TPSA) is 11.4 Å². The second kappa shape index (κ2) is 21.9. The minimum Gasteiger partial charge on any atom is -0.309 e. The van der Waals surface area contributed by atoms with Gasteiger partial charge in [-0.1, -0.05) is 238 Å². The number of aromatic nitrogens is 1. The summed E-state index contributed by atoms with van der Waals surface area (Å²) in [7, 11) is 0. The first-order valence-corrected chi connectivity index (χ1v) is 29.7. The van der Waals surface area contributed by atoms with Crippen molar-refractivity contribution in [1.29, 1.82) is 0 Å². The van der Waals surface area contributed by atoms with Gasteiger partial charge in [-0.05, 0) is 146 Å². The van der Waals surface area contributed by atoms with Crippen molar-refractivity contribution in [2.75, 3.05) is 9.80 Å². The lowest BCUT2D eigenvalue weighted by molar-refractivity contribution is 0.590. The van der Waals surface area contributed by atoms with Gasteiger partial charge in [-0.25, -0.2) is 0 Å². The third kappa shape index (κ3) is 10.5. The Balaban J connectivity index is 1.23. The van der Waals surface area contributed by atoms with Crippen molar-refractivity contribution in [1.82, 2.24) is 4.57 Å². The van der Waals surface area contributed by atoms with Crippen molar-refractivity contribution in [2.24, 2.45) is 0 Å². The Kier molecular flexibility index (Phi) is 10.6. The summed E-state index contributed by atoms with van der Waals surface area (Å²) in [6, 6.07) is 49.7. The van der Waals surface area contributed by atoms with Crippen LogP contribution in [0.15, 0.2) is 260 Å². The third-order valence-electron chi connectivity index (χ3n) is 15.7. The zero-order valence-electron chi connectivity index (χ0n) is 62.9. The molecule has 0 fully saturated rings. The lowest BCUT2D eigenvalue weighted by atomic mass is 9.81. The number of benzene rings is 11. The number of hydrogen-bond acceptors (Lipinski definition) is 3. The van der Waals surface area contributed by atoms with Gasteiger partial charge in [-0.3, -0.25) is 0 Å². The van der Waals surface area contributed by atoms with Crippen molar-refractivity contribution in [3.8, 4) is 50.2 Å². The fraction of sp³-hybridized carbons (Fsp3) is 0.150. The molecule has 0 radical (unpaired) electrons. The summed E-state index contributed by atoms with van der Waals surface area (Å²) in [5.41, 5.74) is 10.1. The number of anilines is 6. The van der Waals surface area contributed by atoms with E-state index in [0.717, 1.165) is 77.1 Å². The Morgan fingerprint density at radius 1 is 0.400 bits per heavy atom. The van der Waals surface area contributed by atoms with Crippen LogP contribution in [0.25, 0.3) is 82.1 Å². The van der Waals surface area contributed by atoms with Crippen molar-refractivity contribution in [3.63, 3.8) is 0 Å². The fourth-order valence-electron chi connectivity index (χ4n) is 11.2. The molecule has 0 unspecified atom stereocenters. The van der Waals surface area contributed by atoms with Crippen LogP contribution in [0.3, 0.4) is 0 Å². The first kappa shape index (κ1) is 41.1. The van der Waals surface area contributed by atoms with Gasteiger partial charge in [-0.2, -0.15) is 0 Å². The van der Waals surface area contributed by atoms with E-state index in [-0.39, 0.29) is 83.9 Å². The molecule has 0 aliphatic heterocycles. The van der Waals surface area contributed by atoms with E-state index in [2.05, 4.69) is 152 Å². The van der Waals surface area contributed by atoms with Gasteiger partial charge in [0.15, 0.2) is 0 Å². The Labute approximate surface area is 530 Å². The molecule has 0 saturated heterocycles. The Morgan fingerprint density at radius 2 is 0.812 bits per heavy atom. The molecule has 13 aromatic rings. The van der Waals surface area contributed by atoms with E-state index in [9.17, 15) is 12.3 Å². The quantitative estimate of drug-likeness (QED) is 0.128. The molecule has 0 aliphatic carbocycles. The Morgan fingerprint density at radius 3 is 1.26 bits per heavy atom. The van der Waals surface area contributed by atoms with Crippen LogP contribution >= 0.6 is 22.9 Å². The monoisotopic (exact) mass is 1150 g/mol. The second-order valence-corrected chi connectivity index (χ2v) is 25.8. The Bertz CT molecular complexity index is 5250. The van der Waals surface area contributed by atoms with Crippen molar-refractivity contribution in [2.45, 2.75) is 78.6 Å². The number of fused-ring (bicyclic) bond motifs is 4. The number of para-hydroxylation sites is 2. The molecule has 418 valence electrons. The summed E-state index contributed by atoms with van der Waals surface area (Å²) in [6.07, 6.45) is 0. The molecule has 5 heteroatoms. The predicted molar refractivity (Wildman–Crippen MR) is 368 cm³/mol. The van der Waals surface area contributed by atoms with Crippen molar-refractivity contribution < 1.29 is 19.2 Å². The van der Waals surface area contributed by atoms with Gasteiger partial charge in [0.2, 0.25) is 0 Å². The summed E-state index contributed by atoms with van der Waals surface area (Å²) in [5.74, 6) is 0. The molecule has 0 atom stereocenters. The number of hydrogen-bond donors (Lipinski definition) is 0.